The minimum Gasteiger partial charge on any atom is -0.275 e. The normalized spacial score (nSPS) is 13.1. The van der Waals surface area contributed by atoms with Crippen LogP contribution in [0.25, 0.3) is 6.08 Å². The number of halogens is 1. The zero-order chi connectivity index (χ0) is 17.0. The molecular weight excluding hydrogens is 298 g/mol. The van der Waals surface area contributed by atoms with Crippen LogP contribution < -0.4 is 0 Å². The van der Waals surface area contributed by atoms with Crippen LogP contribution in [-0.2, 0) is 9.59 Å². The molecule has 2 rings (SSSR count). The van der Waals surface area contributed by atoms with Crippen molar-refractivity contribution in [3.63, 3.8) is 0 Å². The molecule has 0 saturated heterocycles. The molecule has 1 aliphatic heterocycles. The molecule has 0 aliphatic carbocycles. The van der Waals surface area contributed by atoms with E-state index in [0.717, 1.165) is 5.56 Å². The van der Waals surface area contributed by atoms with Crippen LogP contribution in [0.15, 0.2) is 42.5 Å². The first kappa shape index (κ1) is 20.1. The molecule has 0 N–H and O–H groups in total. The van der Waals surface area contributed by atoms with Gasteiger partial charge in [-0.05, 0) is 36.3 Å². The van der Waals surface area contributed by atoms with E-state index in [1.54, 1.807) is 24.3 Å². The number of amides is 2. The second kappa shape index (κ2) is 11.8. The summed E-state index contributed by atoms with van der Waals surface area (Å²) in [5.41, 5.74) is 0.868. The van der Waals surface area contributed by atoms with Gasteiger partial charge in [-0.15, -0.1) is 0 Å². The molecule has 0 saturated carbocycles. The summed E-state index contributed by atoms with van der Waals surface area (Å²) in [7, 11) is 0. The van der Waals surface area contributed by atoms with Crippen LogP contribution in [0, 0.1) is 0 Å². The lowest BCUT2D eigenvalue weighted by Gasteiger charge is -2.19. The number of hydrogen-bond donors (Lipinski definition) is 0. The van der Waals surface area contributed by atoms with Crippen LogP contribution in [0.1, 0.15) is 39.7 Å². The van der Waals surface area contributed by atoms with Crippen LogP contribution in [0.2, 0.25) is 5.02 Å². The van der Waals surface area contributed by atoms with Crippen molar-refractivity contribution in [3.8, 4) is 0 Å². The molecule has 1 aromatic rings. The molecule has 0 radical (unpaired) electrons. The number of hydrogen-bond acceptors (Lipinski definition) is 2. The monoisotopic (exact) mass is 321 g/mol. The van der Waals surface area contributed by atoms with Crippen LogP contribution in [-0.4, -0.2) is 23.3 Å². The van der Waals surface area contributed by atoms with Crippen molar-refractivity contribution < 1.29 is 9.59 Å². The van der Waals surface area contributed by atoms with E-state index < -0.39 is 0 Å². The number of carbonyl (C=O) groups is 2. The third-order valence-electron chi connectivity index (χ3n) is 2.60. The van der Waals surface area contributed by atoms with Crippen molar-refractivity contribution in [1.29, 1.82) is 0 Å². The molecule has 1 aliphatic rings. The van der Waals surface area contributed by atoms with Crippen molar-refractivity contribution >= 4 is 29.5 Å². The Hall–Kier alpha value is -1.87. The van der Waals surface area contributed by atoms with Gasteiger partial charge in [-0.3, -0.25) is 14.5 Å². The summed E-state index contributed by atoms with van der Waals surface area (Å²) in [6.07, 6.45) is 6.99. The third-order valence-corrected chi connectivity index (χ3v) is 2.85. The largest absolute Gasteiger partial charge is 0.275 e. The number of benzene rings is 1. The fourth-order valence-electron chi connectivity index (χ4n) is 1.64. The van der Waals surface area contributed by atoms with Gasteiger partial charge in [0.1, 0.15) is 0 Å². The number of imide groups is 1. The maximum Gasteiger partial charge on any atom is 0.253 e. The van der Waals surface area contributed by atoms with E-state index in [4.69, 9.17) is 11.6 Å². The molecule has 0 spiro atoms. The number of nitrogens with zero attached hydrogens (tertiary/aromatic N) is 1. The molecule has 0 bridgehead atoms. The molecule has 1 aromatic carbocycles. The quantitative estimate of drug-likeness (QED) is 0.739. The minimum absolute atomic E-state index is 0.257. The molecule has 3 nitrogen and oxygen atoms in total. The highest BCUT2D eigenvalue weighted by molar-refractivity contribution is 6.30. The fraction of sp³-hybridized carbons (Fsp3) is 0.333. The summed E-state index contributed by atoms with van der Waals surface area (Å²) in [6, 6.07) is 7.12. The number of rotatable bonds is 2. The van der Waals surface area contributed by atoms with E-state index in [0.29, 0.717) is 18.0 Å². The Morgan fingerprint density at radius 2 is 1.73 bits per heavy atom. The van der Waals surface area contributed by atoms with Crippen LogP contribution in [0.3, 0.4) is 0 Å². The van der Waals surface area contributed by atoms with Gasteiger partial charge in [-0.1, -0.05) is 57.5 Å². The second-order valence-electron chi connectivity index (χ2n) is 3.90. The average Bonchev–Trinajstić information content (AvgIpc) is 2.58. The molecule has 1 heterocycles. The summed E-state index contributed by atoms with van der Waals surface area (Å²) in [5.74, 6) is -0.550. The molecule has 120 valence electrons. The maximum absolute atomic E-state index is 11.8. The van der Waals surface area contributed by atoms with Gasteiger partial charge in [0.2, 0.25) is 0 Å². The lowest BCUT2D eigenvalue weighted by molar-refractivity contribution is -0.139. The van der Waals surface area contributed by atoms with Gasteiger partial charge in [-0.25, -0.2) is 0 Å². The molecule has 2 amide bonds. The zero-order valence-corrected chi connectivity index (χ0v) is 14.4. The molecule has 0 fully saturated rings. The summed E-state index contributed by atoms with van der Waals surface area (Å²) >= 11 is 5.76. The first-order valence-corrected chi connectivity index (χ1v) is 8.00. The molecule has 4 heteroatoms. The van der Waals surface area contributed by atoms with Crippen molar-refractivity contribution in [2.24, 2.45) is 0 Å². The van der Waals surface area contributed by atoms with Crippen molar-refractivity contribution in [1.82, 2.24) is 4.90 Å². The Morgan fingerprint density at radius 1 is 1.14 bits per heavy atom. The fourth-order valence-corrected chi connectivity index (χ4v) is 1.76. The van der Waals surface area contributed by atoms with E-state index in [1.807, 2.05) is 39.8 Å². The zero-order valence-electron chi connectivity index (χ0n) is 13.7. The molecule has 0 unspecified atom stereocenters. The van der Waals surface area contributed by atoms with Gasteiger partial charge >= 0.3 is 0 Å². The summed E-state index contributed by atoms with van der Waals surface area (Å²) in [4.78, 5) is 24.5. The lowest BCUT2D eigenvalue weighted by atomic mass is 10.2. The maximum atomic E-state index is 11.8. The molecular formula is C18H24ClNO2. The van der Waals surface area contributed by atoms with Crippen molar-refractivity contribution in [2.75, 3.05) is 6.54 Å². The van der Waals surface area contributed by atoms with Gasteiger partial charge in [0.15, 0.2) is 0 Å². The Bertz CT molecular complexity index is 518. The van der Waals surface area contributed by atoms with Crippen LogP contribution in [0.5, 0.6) is 0 Å². The standard InChI is InChI=1S/C14H12ClNO2.2C2H6/c15-12-7-4-11(5-8-12)6-9-14(18)16-10-2-1-3-13(16)17;2*1-2/h1,3-9H,2,10H2;2*1-2H3/b9-6+;;. The van der Waals surface area contributed by atoms with E-state index >= 15 is 0 Å². The average molecular weight is 322 g/mol. The van der Waals surface area contributed by atoms with E-state index in [9.17, 15) is 9.59 Å². The predicted octanol–water partition coefficient (Wildman–Crippen LogP) is 4.72. The van der Waals surface area contributed by atoms with E-state index in [-0.39, 0.29) is 11.8 Å². The molecule has 0 aromatic heterocycles. The Balaban J connectivity index is 0.00000102. The number of carbonyl (C=O) groups excluding carboxylic acids is 2. The summed E-state index contributed by atoms with van der Waals surface area (Å²) < 4.78 is 0. The van der Waals surface area contributed by atoms with Gasteiger partial charge in [-0.2, -0.15) is 0 Å². The Morgan fingerprint density at radius 3 is 2.27 bits per heavy atom. The molecule has 0 atom stereocenters. The SMILES string of the molecule is CC.CC.O=C1C=CCCN1C(=O)/C=C/c1ccc(Cl)cc1. The Labute approximate surface area is 138 Å². The van der Waals surface area contributed by atoms with Gasteiger partial charge < -0.3 is 0 Å². The third kappa shape index (κ3) is 6.72. The lowest BCUT2D eigenvalue weighted by Crippen LogP contribution is -2.37. The highest BCUT2D eigenvalue weighted by Gasteiger charge is 2.18. The summed E-state index contributed by atoms with van der Waals surface area (Å²) in [6.45, 7) is 8.44. The van der Waals surface area contributed by atoms with Gasteiger partial charge in [0.25, 0.3) is 11.8 Å². The van der Waals surface area contributed by atoms with E-state index in [2.05, 4.69) is 0 Å². The van der Waals surface area contributed by atoms with Crippen LogP contribution >= 0.6 is 11.6 Å². The Kier molecular flexibility index (Phi) is 10.8. The highest BCUT2D eigenvalue weighted by Crippen LogP contribution is 2.11. The smallest absolute Gasteiger partial charge is 0.253 e. The van der Waals surface area contributed by atoms with Gasteiger partial charge in [0, 0.05) is 17.6 Å². The van der Waals surface area contributed by atoms with E-state index in [1.165, 1.54) is 17.1 Å². The highest BCUT2D eigenvalue weighted by atomic mass is 35.5. The van der Waals surface area contributed by atoms with Crippen molar-refractivity contribution in [3.05, 3.63) is 53.1 Å². The first-order valence-electron chi connectivity index (χ1n) is 7.62. The summed E-state index contributed by atoms with van der Waals surface area (Å²) in [5, 5.41) is 0.648. The van der Waals surface area contributed by atoms with Gasteiger partial charge in [0.05, 0.1) is 0 Å². The second-order valence-corrected chi connectivity index (χ2v) is 4.34. The molecule has 22 heavy (non-hydrogen) atoms. The van der Waals surface area contributed by atoms with Crippen LogP contribution in [0.4, 0.5) is 0 Å². The minimum atomic E-state index is -0.292. The first-order chi connectivity index (χ1) is 10.7. The predicted molar refractivity (Wildman–Crippen MR) is 93.7 cm³/mol. The topological polar surface area (TPSA) is 37.4 Å². The van der Waals surface area contributed by atoms with Crippen molar-refractivity contribution in [2.45, 2.75) is 34.1 Å².